The number of hydrogen-bond donors (Lipinski definition) is 2. The Morgan fingerprint density at radius 2 is 1.95 bits per heavy atom. The third-order valence-electron chi connectivity index (χ3n) is 2.39. The Balaban J connectivity index is 2.00. The summed E-state index contributed by atoms with van der Waals surface area (Å²) in [5.74, 6) is -0.283. The highest BCUT2D eigenvalue weighted by Crippen LogP contribution is 2.22. The monoisotopic (exact) mass is 274 g/mol. The Bertz CT molecular complexity index is 612. The van der Waals surface area contributed by atoms with Gasteiger partial charge in [-0.15, -0.1) is 0 Å². The average Bonchev–Trinajstić information content (AvgIpc) is 2.43. The van der Waals surface area contributed by atoms with Crippen molar-refractivity contribution in [1.29, 1.82) is 0 Å². The average molecular weight is 275 g/mol. The van der Waals surface area contributed by atoms with Gasteiger partial charge < -0.3 is 5.11 Å². The molecule has 0 aliphatic carbocycles. The Kier molecular flexibility index (Phi) is 4.15. The van der Waals surface area contributed by atoms with Crippen molar-refractivity contribution < 1.29 is 9.90 Å². The van der Waals surface area contributed by atoms with Gasteiger partial charge in [-0.1, -0.05) is 29.8 Å². The van der Waals surface area contributed by atoms with Crippen LogP contribution in [0, 0.1) is 0 Å². The molecule has 19 heavy (non-hydrogen) atoms. The molecule has 0 radical (unpaired) electrons. The molecule has 0 spiro atoms. The fraction of sp³-hybridized carbons (Fsp3) is 0. The van der Waals surface area contributed by atoms with Crippen molar-refractivity contribution in [2.45, 2.75) is 0 Å². The fourth-order valence-electron chi connectivity index (χ4n) is 1.42. The van der Waals surface area contributed by atoms with Crippen LogP contribution < -0.4 is 5.43 Å². The minimum Gasteiger partial charge on any atom is -0.506 e. The van der Waals surface area contributed by atoms with Crippen LogP contribution in [0.2, 0.25) is 5.02 Å². The number of halogens is 1. The Hall–Kier alpha value is -2.33. The Morgan fingerprint density at radius 1 is 1.21 bits per heavy atom. The van der Waals surface area contributed by atoms with Gasteiger partial charge in [-0.25, -0.2) is 5.43 Å². The van der Waals surface area contributed by atoms with Gasteiger partial charge in [-0.05, 0) is 35.9 Å². The quantitative estimate of drug-likeness (QED) is 0.668. The number of hydrazone groups is 1. The molecule has 0 bridgehead atoms. The van der Waals surface area contributed by atoms with Crippen molar-refractivity contribution in [2.24, 2.45) is 5.10 Å². The summed E-state index contributed by atoms with van der Waals surface area (Å²) in [5, 5.41) is 13.3. The molecule has 0 heterocycles. The number of amides is 1. The highest BCUT2D eigenvalue weighted by molar-refractivity contribution is 6.32. The normalized spacial score (nSPS) is 10.6. The minimum atomic E-state index is -0.290. The van der Waals surface area contributed by atoms with Gasteiger partial charge >= 0.3 is 0 Å². The second-order valence-electron chi connectivity index (χ2n) is 3.78. The third kappa shape index (κ3) is 3.56. The SMILES string of the molecule is O=C(N/N=C/c1ccc(O)c(Cl)c1)c1ccccc1. The molecule has 0 aliphatic rings. The first-order valence-electron chi connectivity index (χ1n) is 5.54. The summed E-state index contributed by atoms with van der Waals surface area (Å²) >= 11 is 5.75. The van der Waals surface area contributed by atoms with Gasteiger partial charge in [0, 0.05) is 5.56 Å². The maximum atomic E-state index is 11.7. The van der Waals surface area contributed by atoms with E-state index in [2.05, 4.69) is 10.5 Å². The molecule has 1 amide bonds. The predicted molar refractivity (Wildman–Crippen MR) is 74.6 cm³/mol. The first-order chi connectivity index (χ1) is 9.16. The molecule has 2 N–H and O–H groups in total. The third-order valence-corrected chi connectivity index (χ3v) is 2.69. The molecule has 5 heteroatoms. The first kappa shape index (κ1) is 13.1. The maximum absolute atomic E-state index is 11.7. The molecular weight excluding hydrogens is 264 g/mol. The molecule has 0 saturated heterocycles. The molecule has 0 unspecified atom stereocenters. The number of carbonyl (C=O) groups is 1. The number of nitrogens with zero attached hydrogens (tertiary/aromatic N) is 1. The van der Waals surface area contributed by atoms with Crippen LogP contribution in [0.5, 0.6) is 5.75 Å². The van der Waals surface area contributed by atoms with E-state index in [1.54, 1.807) is 36.4 Å². The lowest BCUT2D eigenvalue weighted by molar-refractivity contribution is 0.0955. The van der Waals surface area contributed by atoms with E-state index in [1.165, 1.54) is 12.3 Å². The van der Waals surface area contributed by atoms with E-state index in [0.717, 1.165) is 0 Å². The lowest BCUT2D eigenvalue weighted by Crippen LogP contribution is -2.17. The van der Waals surface area contributed by atoms with Crippen LogP contribution in [0.15, 0.2) is 53.6 Å². The number of benzene rings is 2. The highest BCUT2D eigenvalue weighted by Gasteiger charge is 2.02. The molecular formula is C14H11ClN2O2. The molecule has 0 fully saturated rings. The van der Waals surface area contributed by atoms with Gasteiger partial charge in [0.15, 0.2) is 0 Å². The molecule has 0 aliphatic heterocycles. The lowest BCUT2D eigenvalue weighted by Gasteiger charge is -2.00. The van der Waals surface area contributed by atoms with Crippen molar-refractivity contribution in [3.05, 3.63) is 64.7 Å². The zero-order valence-corrected chi connectivity index (χ0v) is 10.6. The van der Waals surface area contributed by atoms with Crippen LogP contribution in [-0.4, -0.2) is 17.2 Å². The summed E-state index contributed by atoms with van der Waals surface area (Å²) in [4.78, 5) is 11.7. The first-order valence-corrected chi connectivity index (χ1v) is 5.91. The number of phenolic OH excluding ortho intramolecular Hbond substituents is 1. The second kappa shape index (κ2) is 6.02. The number of hydrogen-bond acceptors (Lipinski definition) is 3. The molecule has 0 aromatic heterocycles. The molecule has 2 aromatic rings. The van der Waals surface area contributed by atoms with Gasteiger partial charge in [-0.2, -0.15) is 5.10 Å². The fourth-order valence-corrected chi connectivity index (χ4v) is 1.61. The summed E-state index contributed by atoms with van der Waals surface area (Å²) in [5.41, 5.74) is 3.61. The van der Waals surface area contributed by atoms with Gasteiger partial charge in [0.2, 0.25) is 0 Å². The maximum Gasteiger partial charge on any atom is 0.271 e. The number of phenols is 1. The van der Waals surface area contributed by atoms with Crippen LogP contribution in [0.1, 0.15) is 15.9 Å². The van der Waals surface area contributed by atoms with Gasteiger partial charge in [0.1, 0.15) is 5.75 Å². The Labute approximate surface area is 115 Å². The second-order valence-corrected chi connectivity index (χ2v) is 4.18. The molecule has 0 atom stereocenters. The highest BCUT2D eigenvalue weighted by atomic mass is 35.5. The minimum absolute atomic E-state index is 0.00661. The van der Waals surface area contributed by atoms with Crippen molar-refractivity contribution in [2.75, 3.05) is 0 Å². The van der Waals surface area contributed by atoms with Gasteiger partial charge in [0.05, 0.1) is 11.2 Å². The smallest absolute Gasteiger partial charge is 0.271 e. The number of nitrogens with one attached hydrogen (secondary N) is 1. The van der Waals surface area contributed by atoms with E-state index in [9.17, 15) is 9.90 Å². The zero-order chi connectivity index (χ0) is 13.7. The zero-order valence-electron chi connectivity index (χ0n) is 9.88. The van der Waals surface area contributed by atoms with Crippen LogP contribution >= 0.6 is 11.6 Å². The standard InChI is InChI=1S/C14H11ClN2O2/c15-12-8-10(6-7-13(12)18)9-16-17-14(19)11-4-2-1-3-5-11/h1-9,18H,(H,17,19)/b16-9+. The van der Waals surface area contributed by atoms with Crippen LogP contribution in [0.25, 0.3) is 0 Å². The molecule has 2 rings (SSSR count). The summed E-state index contributed by atoms with van der Waals surface area (Å²) in [6, 6.07) is 13.4. The van der Waals surface area contributed by atoms with E-state index in [0.29, 0.717) is 11.1 Å². The topological polar surface area (TPSA) is 61.7 Å². The molecule has 96 valence electrons. The number of rotatable bonds is 3. The van der Waals surface area contributed by atoms with Crippen molar-refractivity contribution in [3.8, 4) is 5.75 Å². The van der Waals surface area contributed by atoms with E-state index < -0.39 is 0 Å². The number of carbonyl (C=O) groups excluding carboxylic acids is 1. The molecule has 4 nitrogen and oxygen atoms in total. The van der Waals surface area contributed by atoms with Crippen molar-refractivity contribution >= 4 is 23.7 Å². The van der Waals surface area contributed by atoms with E-state index >= 15 is 0 Å². The van der Waals surface area contributed by atoms with Crippen LogP contribution in [0.4, 0.5) is 0 Å². The van der Waals surface area contributed by atoms with Crippen LogP contribution in [-0.2, 0) is 0 Å². The summed E-state index contributed by atoms with van der Waals surface area (Å²) in [6.45, 7) is 0. The Morgan fingerprint density at radius 3 is 2.63 bits per heavy atom. The van der Waals surface area contributed by atoms with Crippen molar-refractivity contribution in [1.82, 2.24) is 5.43 Å². The van der Waals surface area contributed by atoms with Crippen LogP contribution in [0.3, 0.4) is 0 Å². The lowest BCUT2D eigenvalue weighted by atomic mass is 10.2. The molecule has 2 aromatic carbocycles. The largest absolute Gasteiger partial charge is 0.506 e. The predicted octanol–water partition coefficient (Wildman–Crippen LogP) is 2.81. The van der Waals surface area contributed by atoms with E-state index in [-0.39, 0.29) is 16.7 Å². The van der Waals surface area contributed by atoms with Crippen molar-refractivity contribution in [3.63, 3.8) is 0 Å². The molecule has 0 saturated carbocycles. The number of aromatic hydroxyl groups is 1. The van der Waals surface area contributed by atoms with Gasteiger partial charge in [0.25, 0.3) is 5.91 Å². The van der Waals surface area contributed by atoms with Gasteiger partial charge in [-0.3, -0.25) is 4.79 Å². The summed E-state index contributed by atoms with van der Waals surface area (Å²) < 4.78 is 0. The summed E-state index contributed by atoms with van der Waals surface area (Å²) in [7, 11) is 0. The summed E-state index contributed by atoms with van der Waals surface area (Å²) in [6.07, 6.45) is 1.45. The van der Waals surface area contributed by atoms with E-state index in [4.69, 9.17) is 11.6 Å². The van der Waals surface area contributed by atoms with E-state index in [1.807, 2.05) is 6.07 Å².